The van der Waals surface area contributed by atoms with Crippen LogP contribution < -0.4 is 15.0 Å². The van der Waals surface area contributed by atoms with Gasteiger partial charge in [0.05, 0.1) is 28.0 Å². The molecule has 2 aromatic heterocycles. The van der Waals surface area contributed by atoms with Gasteiger partial charge in [0.15, 0.2) is 0 Å². The molecule has 0 radical (unpaired) electrons. The van der Waals surface area contributed by atoms with Crippen LogP contribution in [0, 0.1) is 6.92 Å². The number of anilines is 2. The SMILES string of the molecule is CCc1c(C)c(NC(=O)c2cnn3ccccc23)cc(Cl)c1N1CCC(c2ccc(OC(F)(F)F)cc2)CC1. The zero-order valence-corrected chi connectivity index (χ0v) is 22.3. The number of hydrogen-bond donors (Lipinski definition) is 1. The van der Waals surface area contributed by atoms with Gasteiger partial charge in [0.2, 0.25) is 0 Å². The summed E-state index contributed by atoms with van der Waals surface area (Å²) in [6.07, 6.45) is 1.06. The average molecular weight is 557 g/mol. The minimum Gasteiger partial charge on any atom is -0.406 e. The number of pyridine rings is 1. The van der Waals surface area contributed by atoms with E-state index < -0.39 is 6.36 Å². The first-order chi connectivity index (χ1) is 18.6. The van der Waals surface area contributed by atoms with Crippen LogP contribution in [0.4, 0.5) is 24.5 Å². The summed E-state index contributed by atoms with van der Waals surface area (Å²) >= 11 is 6.83. The number of amides is 1. The quantitative estimate of drug-likeness (QED) is 0.269. The first kappa shape index (κ1) is 26.9. The number of rotatable bonds is 6. The molecule has 204 valence electrons. The molecule has 0 aliphatic carbocycles. The molecule has 1 aliphatic heterocycles. The monoisotopic (exact) mass is 556 g/mol. The van der Waals surface area contributed by atoms with Crippen molar-refractivity contribution >= 4 is 34.4 Å². The van der Waals surface area contributed by atoms with E-state index in [-0.39, 0.29) is 17.6 Å². The van der Waals surface area contributed by atoms with Crippen molar-refractivity contribution in [2.45, 2.75) is 45.4 Å². The summed E-state index contributed by atoms with van der Waals surface area (Å²) in [5.41, 5.74) is 5.86. The molecule has 1 fully saturated rings. The van der Waals surface area contributed by atoms with Gasteiger partial charge >= 0.3 is 6.36 Å². The molecule has 10 heteroatoms. The van der Waals surface area contributed by atoms with Crippen LogP contribution in [0.2, 0.25) is 5.02 Å². The third-order valence-corrected chi connectivity index (χ3v) is 7.60. The summed E-state index contributed by atoms with van der Waals surface area (Å²) in [5.74, 6) is -0.236. The summed E-state index contributed by atoms with van der Waals surface area (Å²) in [6.45, 7) is 5.56. The minimum atomic E-state index is -4.70. The van der Waals surface area contributed by atoms with Gasteiger partial charge in [-0.25, -0.2) is 4.52 Å². The van der Waals surface area contributed by atoms with Crippen LogP contribution in [0.25, 0.3) is 5.52 Å². The zero-order chi connectivity index (χ0) is 27.7. The molecule has 3 heterocycles. The van der Waals surface area contributed by atoms with Gasteiger partial charge in [-0.15, -0.1) is 13.2 Å². The number of nitrogens with zero attached hydrogens (tertiary/aromatic N) is 3. The van der Waals surface area contributed by atoms with Crippen molar-refractivity contribution in [3.05, 3.63) is 88.2 Å². The highest BCUT2D eigenvalue weighted by atomic mass is 35.5. The Labute approximate surface area is 229 Å². The predicted molar refractivity (Wildman–Crippen MR) is 146 cm³/mol. The Morgan fingerprint density at radius 2 is 1.87 bits per heavy atom. The van der Waals surface area contributed by atoms with E-state index in [1.165, 1.54) is 12.1 Å². The van der Waals surface area contributed by atoms with Crippen molar-refractivity contribution in [2.75, 3.05) is 23.3 Å². The predicted octanol–water partition coefficient (Wildman–Crippen LogP) is 7.39. The van der Waals surface area contributed by atoms with E-state index in [0.717, 1.165) is 60.2 Å². The van der Waals surface area contributed by atoms with Crippen molar-refractivity contribution in [3.8, 4) is 5.75 Å². The number of hydrogen-bond acceptors (Lipinski definition) is 4. The first-order valence-corrected chi connectivity index (χ1v) is 13.2. The van der Waals surface area contributed by atoms with Crippen molar-refractivity contribution in [1.82, 2.24) is 9.61 Å². The molecular formula is C29H28ClF3N4O2. The molecule has 1 N–H and O–H groups in total. The average Bonchev–Trinajstić information content (AvgIpc) is 3.34. The number of benzene rings is 2. The normalized spacial score (nSPS) is 14.6. The van der Waals surface area contributed by atoms with Gasteiger partial charge in [0, 0.05) is 25.0 Å². The highest BCUT2D eigenvalue weighted by molar-refractivity contribution is 6.34. The Balaban J connectivity index is 1.31. The first-order valence-electron chi connectivity index (χ1n) is 12.8. The smallest absolute Gasteiger partial charge is 0.406 e. The maximum absolute atomic E-state index is 13.1. The minimum absolute atomic E-state index is 0.215. The summed E-state index contributed by atoms with van der Waals surface area (Å²) < 4.78 is 43.1. The van der Waals surface area contributed by atoms with Gasteiger partial charge < -0.3 is 15.0 Å². The highest BCUT2D eigenvalue weighted by Gasteiger charge is 2.31. The number of nitrogens with one attached hydrogen (secondary N) is 1. The molecule has 0 bridgehead atoms. The molecular weight excluding hydrogens is 529 g/mol. The van der Waals surface area contributed by atoms with Gasteiger partial charge in [-0.1, -0.05) is 36.7 Å². The number of carbonyl (C=O) groups is 1. The lowest BCUT2D eigenvalue weighted by molar-refractivity contribution is -0.274. The summed E-state index contributed by atoms with van der Waals surface area (Å²) in [4.78, 5) is 15.4. The molecule has 5 rings (SSSR count). The Kier molecular flexibility index (Phi) is 7.44. The van der Waals surface area contributed by atoms with Crippen LogP contribution >= 0.6 is 11.6 Å². The Morgan fingerprint density at radius 1 is 1.15 bits per heavy atom. The van der Waals surface area contributed by atoms with E-state index in [0.29, 0.717) is 16.3 Å². The molecule has 39 heavy (non-hydrogen) atoms. The van der Waals surface area contributed by atoms with Crippen LogP contribution in [0.5, 0.6) is 5.75 Å². The molecule has 1 amide bonds. The topological polar surface area (TPSA) is 58.9 Å². The maximum Gasteiger partial charge on any atom is 0.573 e. The number of piperidine rings is 1. The molecule has 1 aliphatic rings. The second-order valence-corrected chi connectivity index (χ2v) is 10.0. The van der Waals surface area contributed by atoms with Crippen molar-refractivity contribution in [2.24, 2.45) is 0 Å². The van der Waals surface area contributed by atoms with Crippen molar-refractivity contribution < 1.29 is 22.7 Å². The summed E-state index contributed by atoms with van der Waals surface area (Å²) in [6, 6.07) is 13.5. The molecule has 1 saturated heterocycles. The number of carbonyl (C=O) groups excluding carboxylic acids is 1. The van der Waals surface area contributed by atoms with Crippen molar-refractivity contribution in [3.63, 3.8) is 0 Å². The molecule has 0 atom stereocenters. The van der Waals surface area contributed by atoms with E-state index in [1.807, 2.05) is 25.1 Å². The number of aromatic nitrogens is 2. The van der Waals surface area contributed by atoms with Gasteiger partial charge in [-0.3, -0.25) is 4.79 Å². The molecule has 0 saturated carbocycles. The Hall–Kier alpha value is -3.72. The van der Waals surface area contributed by atoms with Gasteiger partial charge in [0.1, 0.15) is 5.75 Å². The van der Waals surface area contributed by atoms with Crippen LogP contribution in [-0.4, -0.2) is 35.0 Å². The molecule has 0 unspecified atom stereocenters. The van der Waals surface area contributed by atoms with Gasteiger partial charge in [-0.05, 0) is 79.1 Å². The fourth-order valence-electron chi connectivity index (χ4n) is 5.37. The van der Waals surface area contributed by atoms with E-state index >= 15 is 0 Å². The zero-order valence-electron chi connectivity index (χ0n) is 21.6. The standard InChI is InChI=1S/C29H28ClF3N4O2/c1-3-22-18(2)25(35-28(38)23-17-34-37-13-5-4-6-26(23)37)16-24(30)27(22)36-14-11-20(12-15-36)19-7-9-21(10-8-19)39-29(31,32)33/h4-10,13,16-17,20H,3,11-12,14-15H2,1-2H3,(H,35,38). The van der Waals surface area contributed by atoms with Crippen molar-refractivity contribution in [1.29, 1.82) is 0 Å². The lowest BCUT2D eigenvalue weighted by Crippen LogP contribution is -2.34. The molecule has 4 aromatic rings. The lowest BCUT2D eigenvalue weighted by Gasteiger charge is -2.36. The number of halogens is 4. The second-order valence-electron chi connectivity index (χ2n) is 9.63. The fourth-order valence-corrected chi connectivity index (χ4v) is 5.71. The van der Waals surface area contributed by atoms with Gasteiger partial charge in [-0.2, -0.15) is 5.10 Å². The van der Waals surface area contributed by atoms with Gasteiger partial charge in [0.25, 0.3) is 5.91 Å². The number of ether oxygens (including phenoxy) is 1. The van der Waals surface area contributed by atoms with E-state index in [9.17, 15) is 18.0 Å². The highest BCUT2D eigenvalue weighted by Crippen LogP contribution is 2.40. The largest absolute Gasteiger partial charge is 0.573 e. The Morgan fingerprint density at radius 3 is 2.54 bits per heavy atom. The maximum atomic E-state index is 13.1. The van der Waals surface area contributed by atoms with E-state index in [2.05, 4.69) is 27.0 Å². The Bertz CT molecular complexity index is 1490. The summed E-state index contributed by atoms with van der Waals surface area (Å²) in [5, 5.41) is 7.84. The van der Waals surface area contributed by atoms with Crippen LogP contribution in [0.3, 0.4) is 0 Å². The number of alkyl halides is 3. The van der Waals surface area contributed by atoms with E-state index in [4.69, 9.17) is 11.6 Å². The third-order valence-electron chi connectivity index (χ3n) is 7.31. The van der Waals surface area contributed by atoms with Crippen LogP contribution in [0.1, 0.15) is 52.7 Å². The fraction of sp³-hybridized carbons (Fsp3) is 0.310. The molecule has 0 spiro atoms. The van der Waals surface area contributed by atoms with Crippen LogP contribution in [-0.2, 0) is 6.42 Å². The molecule has 2 aromatic carbocycles. The number of fused-ring (bicyclic) bond motifs is 1. The second kappa shape index (κ2) is 10.8. The summed E-state index contributed by atoms with van der Waals surface area (Å²) in [7, 11) is 0. The van der Waals surface area contributed by atoms with E-state index in [1.54, 1.807) is 35.1 Å². The molecule has 6 nitrogen and oxygen atoms in total. The van der Waals surface area contributed by atoms with Crippen LogP contribution in [0.15, 0.2) is 60.9 Å². The lowest BCUT2D eigenvalue weighted by atomic mass is 9.88. The third kappa shape index (κ3) is 5.68.